The van der Waals surface area contributed by atoms with Crippen LogP contribution >= 0.6 is 0 Å². The molecule has 2 aliphatic carbocycles. The highest BCUT2D eigenvalue weighted by molar-refractivity contribution is 6.03. The third kappa shape index (κ3) is 4.35. The molecule has 1 amide bonds. The van der Waals surface area contributed by atoms with E-state index < -0.39 is 5.92 Å². The molecule has 0 saturated heterocycles. The van der Waals surface area contributed by atoms with Gasteiger partial charge in [-0.15, -0.1) is 0 Å². The lowest BCUT2D eigenvalue weighted by atomic mass is 9.92. The van der Waals surface area contributed by atoms with Crippen LogP contribution in [0.2, 0.25) is 0 Å². The number of carbonyl (C=O) groups is 1. The Bertz CT molecular complexity index is 826. The number of carbonyl (C=O) groups excluding carboxylic acids is 1. The number of alkyl halides is 2. The maximum absolute atomic E-state index is 13.3. The molecule has 2 atom stereocenters. The largest absolute Gasteiger partial charge is 0.338 e. The van der Waals surface area contributed by atoms with Crippen molar-refractivity contribution < 1.29 is 18.1 Å². The molecule has 1 aromatic heterocycles. The molecule has 0 spiro atoms. The van der Waals surface area contributed by atoms with E-state index in [0.717, 1.165) is 12.0 Å². The molecule has 2 unspecified atom stereocenters. The van der Waals surface area contributed by atoms with Gasteiger partial charge in [0.2, 0.25) is 11.8 Å². The van der Waals surface area contributed by atoms with E-state index in [1.165, 1.54) is 0 Å². The topological polar surface area (TPSA) is 67.2 Å². The molecule has 2 aromatic rings. The Morgan fingerprint density at radius 2 is 2.04 bits per heavy atom. The molecule has 2 saturated carbocycles. The summed E-state index contributed by atoms with van der Waals surface area (Å²) >= 11 is 0. The smallest absolute Gasteiger partial charge is 0.258 e. The van der Waals surface area contributed by atoms with Crippen molar-refractivity contribution in [1.29, 1.82) is 0 Å². The van der Waals surface area contributed by atoms with Gasteiger partial charge in [0, 0.05) is 42.5 Å². The molecule has 144 valence electrons. The van der Waals surface area contributed by atoms with Crippen molar-refractivity contribution in [2.24, 2.45) is 0 Å². The fourth-order valence-electron chi connectivity index (χ4n) is 3.77. The summed E-state index contributed by atoms with van der Waals surface area (Å²) in [5.41, 5.74) is 2.35. The summed E-state index contributed by atoms with van der Waals surface area (Å²) in [6.45, 7) is 1.79. The third-order valence-electron chi connectivity index (χ3n) is 5.40. The molecule has 7 heteroatoms. The first-order chi connectivity index (χ1) is 12.9. The molecule has 4 rings (SSSR count). The predicted octanol–water partition coefficient (Wildman–Crippen LogP) is 4.26. The van der Waals surface area contributed by atoms with Crippen LogP contribution in [0.1, 0.15) is 59.6 Å². The Kier molecular flexibility index (Phi) is 4.72. The number of rotatable bonds is 5. The zero-order valence-corrected chi connectivity index (χ0v) is 15.2. The first-order valence-corrected chi connectivity index (χ1v) is 9.38. The summed E-state index contributed by atoms with van der Waals surface area (Å²) in [5, 5.41) is 9.96. The van der Waals surface area contributed by atoms with Crippen molar-refractivity contribution in [2.45, 2.75) is 63.0 Å². The van der Waals surface area contributed by atoms with Crippen LogP contribution in [0, 0.1) is 6.92 Å². The minimum Gasteiger partial charge on any atom is -0.338 e. The zero-order chi connectivity index (χ0) is 19.0. The van der Waals surface area contributed by atoms with Gasteiger partial charge in [0.25, 0.3) is 5.91 Å². The van der Waals surface area contributed by atoms with Crippen LogP contribution in [0.4, 0.5) is 14.7 Å². The van der Waals surface area contributed by atoms with Crippen LogP contribution in [0.25, 0.3) is 0 Å². The molecule has 0 aliphatic heterocycles. The number of nitrogens with zero attached hydrogens (tertiary/aromatic N) is 1. The highest BCUT2D eigenvalue weighted by Crippen LogP contribution is 2.43. The molecule has 5 nitrogen and oxygen atoms in total. The van der Waals surface area contributed by atoms with Gasteiger partial charge in [0.05, 0.1) is 5.69 Å². The van der Waals surface area contributed by atoms with Crippen LogP contribution < -0.4 is 10.6 Å². The van der Waals surface area contributed by atoms with Crippen molar-refractivity contribution in [3.63, 3.8) is 0 Å². The summed E-state index contributed by atoms with van der Waals surface area (Å²) in [6, 6.07) is 9.66. The normalized spacial score (nSPS) is 24.6. The summed E-state index contributed by atoms with van der Waals surface area (Å²) < 4.78 is 31.6. The van der Waals surface area contributed by atoms with Crippen LogP contribution in [0.15, 0.2) is 34.9 Å². The van der Waals surface area contributed by atoms with Crippen molar-refractivity contribution in [3.05, 3.63) is 47.2 Å². The molecular weight excluding hydrogens is 352 g/mol. The van der Waals surface area contributed by atoms with Gasteiger partial charge in [-0.2, -0.15) is 0 Å². The van der Waals surface area contributed by atoms with E-state index in [1.807, 2.05) is 18.2 Å². The Morgan fingerprint density at radius 1 is 1.26 bits per heavy atom. The Labute approximate surface area is 156 Å². The van der Waals surface area contributed by atoms with E-state index in [-0.39, 0.29) is 24.8 Å². The molecule has 2 fully saturated rings. The summed E-state index contributed by atoms with van der Waals surface area (Å²) in [7, 11) is 0. The highest BCUT2D eigenvalue weighted by Gasteiger charge is 2.42. The van der Waals surface area contributed by atoms with Gasteiger partial charge in [0.15, 0.2) is 0 Å². The van der Waals surface area contributed by atoms with E-state index in [4.69, 9.17) is 4.52 Å². The lowest BCUT2D eigenvalue weighted by Gasteiger charge is -2.29. The minimum atomic E-state index is -2.50. The zero-order valence-electron chi connectivity index (χ0n) is 15.2. The fraction of sp³-hybridized carbons (Fsp3) is 0.500. The van der Waals surface area contributed by atoms with Crippen LogP contribution in [-0.4, -0.2) is 29.1 Å². The van der Waals surface area contributed by atoms with E-state index >= 15 is 0 Å². The maximum atomic E-state index is 13.3. The number of hydrogen-bond acceptors (Lipinski definition) is 4. The Hall–Kier alpha value is -2.28. The number of hydrogen-bond donors (Lipinski definition) is 2. The molecule has 1 heterocycles. The average molecular weight is 375 g/mol. The first-order valence-electron chi connectivity index (χ1n) is 9.38. The highest BCUT2D eigenvalue weighted by atomic mass is 19.3. The third-order valence-corrected chi connectivity index (χ3v) is 5.40. The SMILES string of the molecule is Cc1cc(NC(=O)c2cccc(C3CC3NC3CCC(F)(F)CC3)c2)on1. The molecule has 0 radical (unpaired) electrons. The number of halogens is 2. The number of amides is 1. The van der Waals surface area contributed by atoms with Crippen molar-refractivity contribution in [3.8, 4) is 0 Å². The fourth-order valence-corrected chi connectivity index (χ4v) is 3.77. The van der Waals surface area contributed by atoms with Gasteiger partial charge < -0.3 is 9.84 Å². The Morgan fingerprint density at radius 3 is 2.74 bits per heavy atom. The number of anilines is 1. The van der Waals surface area contributed by atoms with Crippen LogP contribution in [0.5, 0.6) is 0 Å². The molecule has 0 bridgehead atoms. The lowest BCUT2D eigenvalue weighted by Crippen LogP contribution is -2.38. The van der Waals surface area contributed by atoms with Gasteiger partial charge in [-0.1, -0.05) is 17.3 Å². The van der Waals surface area contributed by atoms with E-state index in [0.29, 0.717) is 41.9 Å². The molecule has 2 N–H and O–H groups in total. The van der Waals surface area contributed by atoms with Gasteiger partial charge >= 0.3 is 0 Å². The molecule has 1 aromatic carbocycles. The van der Waals surface area contributed by atoms with Crippen molar-refractivity contribution >= 4 is 11.8 Å². The molecule has 27 heavy (non-hydrogen) atoms. The maximum Gasteiger partial charge on any atom is 0.258 e. The van der Waals surface area contributed by atoms with Gasteiger partial charge in [0.1, 0.15) is 0 Å². The number of benzene rings is 1. The second kappa shape index (κ2) is 7.03. The minimum absolute atomic E-state index is 0.0289. The number of aryl methyl sites for hydroxylation is 1. The van der Waals surface area contributed by atoms with E-state index in [1.54, 1.807) is 19.1 Å². The quantitative estimate of drug-likeness (QED) is 0.819. The van der Waals surface area contributed by atoms with E-state index in [9.17, 15) is 13.6 Å². The predicted molar refractivity (Wildman–Crippen MR) is 97.1 cm³/mol. The summed E-state index contributed by atoms with van der Waals surface area (Å²) in [4.78, 5) is 12.4. The summed E-state index contributed by atoms with van der Waals surface area (Å²) in [5.74, 6) is -2.09. The molecule has 2 aliphatic rings. The molecular formula is C20H23F2N3O2. The lowest BCUT2D eigenvalue weighted by molar-refractivity contribution is -0.0405. The average Bonchev–Trinajstić information content (AvgIpc) is 3.29. The second-order valence-electron chi connectivity index (χ2n) is 7.66. The van der Waals surface area contributed by atoms with Crippen molar-refractivity contribution in [2.75, 3.05) is 5.32 Å². The second-order valence-corrected chi connectivity index (χ2v) is 7.66. The van der Waals surface area contributed by atoms with E-state index in [2.05, 4.69) is 15.8 Å². The van der Waals surface area contributed by atoms with Crippen LogP contribution in [-0.2, 0) is 0 Å². The summed E-state index contributed by atoms with van der Waals surface area (Å²) in [6.07, 6.45) is 1.96. The first kappa shape index (κ1) is 18.1. The Balaban J connectivity index is 1.34. The van der Waals surface area contributed by atoms with Gasteiger partial charge in [-0.05, 0) is 43.9 Å². The monoisotopic (exact) mass is 375 g/mol. The van der Waals surface area contributed by atoms with Gasteiger partial charge in [-0.25, -0.2) is 8.78 Å². The van der Waals surface area contributed by atoms with Gasteiger partial charge in [-0.3, -0.25) is 10.1 Å². The number of nitrogens with one attached hydrogen (secondary N) is 2. The number of aromatic nitrogens is 1. The van der Waals surface area contributed by atoms with Crippen molar-refractivity contribution in [1.82, 2.24) is 10.5 Å². The standard InChI is InChI=1S/C20H23F2N3O2/c1-12-9-18(27-25-12)24-19(26)14-4-2-3-13(10-14)16-11-17(16)23-15-5-7-20(21,22)8-6-15/h2-4,9-10,15-17,23H,5-8,11H2,1H3,(H,24,26). The van der Waals surface area contributed by atoms with Crippen LogP contribution in [0.3, 0.4) is 0 Å².